The molecule has 2 aliphatic carbocycles. The zero-order valence-electron chi connectivity index (χ0n) is 12.5. The number of rotatable bonds is 6. The molecule has 4 atom stereocenters. The highest BCUT2D eigenvalue weighted by Crippen LogP contribution is 2.44. The van der Waals surface area contributed by atoms with Gasteiger partial charge in [-0.25, -0.2) is 0 Å². The molecule has 0 heterocycles. The van der Waals surface area contributed by atoms with Crippen LogP contribution >= 0.6 is 0 Å². The first-order valence-electron chi connectivity index (χ1n) is 7.81. The maximum absolute atomic E-state index is 5.19. The smallest absolute Gasteiger partial charge is 0.118 e. The van der Waals surface area contributed by atoms with Crippen molar-refractivity contribution in [2.75, 3.05) is 13.7 Å². The largest absolute Gasteiger partial charge is 0.497 e. The van der Waals surface area contributed by atoms with Gasteiger partial charge in [-0.1, -0.05) is 24.3 Å². The summed E-state index contributed by atoms with van der Waals surface area (Å²) in [7, 11) is 1.71. The number of methoxy groups -OCH3 is 1. The highest BCUT2D eigenvalue weighted by Gasteiger charge is 2.38. The van der Waals surface area contributed by atoms with Crippen molar-refractivity contribution in [3.63, 3.8) is 0 Å². The lowest BCUT2D eigenvalue weighted by molar-refractivity contribution is 0.329. The number of allylic oxidation sites excluding steroid dienone is 2. The molecule has 0 amide bonds. The Bertz CT molecular complexity index is 465. The van der Waals surface area contributed by atoms with Crippen molar-refractivity contribution in [1.82, 2.24) is 5.32 Å². The summed E-state index contributed by atoms with van der Waals surface area (Å²) < 4.78 is 5.19. The van der Waals surface area contributed by atoms with Crippen molar-refractivity contribution >= 4 is 0 Å². The normalized spacial score (nSPS) is 28.8. The summed E-state index contributed by atoms with van der Waals surface area (Å²) in [4.78, 5) is 0. The average Bonchev–Trinajstić information content (AvgIpc) is 3.10. The van der Waals surface area contributed by atoms with Crippen LogP contribution in [0.4, 0.5) is 0 Å². The summed E-state index contributed by atoms with van der Waals surface area (Å²) in [5.41, 5.74) is 1.37. The van der Waals surface area contributed by atoms with E-state index in [1.54, 1.807) is 7.11 Å². The van der Waals surface area contributed by atoms with Gasteiger partial charge < -0.3 is 10.1 Å². The van der Waals surface area contributed by atoms with E-state index >= 15 is 0 Å². The third-order valence-corrected chi connectivity index (χ3v) is 5.01. The monoisotopic (exact) mass is 271 g/mol. The Labute approximate surface area is 122 Å². The summed E-state index contributed by atoms with van der Waals surface area (Å²) >= 11 is 0. The van der Waals surface area contributed by atoms with E-state index in [0.717, 1.165) is 36.5 Å². The van der Waals surface area contributed by atoms with Crippen LogP contribution in [0.2, 0.25) is 0 Å². The van der Waals surface area contributed by atoms with E-state index in [9.17, 15) is 0 Å². The third-order valence-electron chi connectivity index (χ3n) is 5.01. The first-order valence-corrected chi connectivity index (χ1v) is 7.81. The van der Waals surface area contributed by atoms with Gasteiger partial charge in [0, 0.05) is 6.04 Å². The molecule has 4 unspecified atom stereocenters. The fourth-order valence-corrected chi connectivity index (χ4v) is 3.79. The van der Waals surface area contributed by atoms with Gasteiger partial charge in [0.15, 0.2) is 0 Å². The molecule has 2 nitrogen and oxygen atoms in total. The molecule has 1 aromatic carbocycles. The lowest BCUT2D eigenvalue weighted by Crippen LogP contribution is -2.36. The molecule has 108 valence electrons. The predicted octanol–water partition coefficient (Wildman–Crippen LogP) is 3.43. The summed E-state index contributed by atoms with van der Waals surface area (Å²) in [6.45, 7) is 3.42. The van der Waals surface area contributed by atoms with E-state index in [-0.39, 0.29) is 0 Å². The highest BCUT2D eigenvalue weighted by atomic mass is 16.5. The number of hydrogen-bond donors (Lipinski definition) is 1. The molecule has 1 aromatic rings. The fourth-order valence-electron chi connectivity index (χ4n) is 3.79. The molecule has 2 bridgehead atoms. The Morgan fingerprint density at radius 1 is 1.20 bits per heavy atom. The van der Waals surface area contributed by atoms with Gasteiger partial charge in [-0.3, -0.25) is 0 Å². The Balaban J connectivity index is 1.44. The minimum Gasteiger partial charge on any atom is -0.497 e. The molecule has 1 fully saturated rings. The van der Waals surface area contributed by atoms with Gasteiger partial charge in [-0.05, 0) is 68.2 Å². The average molecular weight is 271 g/mol. The van der Waals surface area contributed by atoms with Crippen molar-refractivity contribution < 1.29 is 4.74 Å². The SMILES string of the molecule is COc1ccc(CCNC(C)C2CC3C=CC2C3)cc1. The van der Waals surface area contributed by atoms with Gasteiger partial charge >= 0.3 is 0 Å². The van der Waals surface area contributed by atoms with Crippen LogP contribution in [-0.4, -0.2) is 19.7 Å². The summed E-state index contributed by atoms with van der Waals surface area (Å²) in [5.74, 6) is 3.49. The van der Waals surface area contributed by atoms with Gasteiger partial charge in [0.25, 0.3) is 0 Å². The van der Waals surface area contributed by atoms with Crippen LogP contribution in [0.5, 0.6) is 5.75 Å². The van der Waals surface area contributed by atoms with Crippen LogP contribution in [0.3, 0.4) is 0 Å². The maximum atomic E-state index is 5.19. The van der Waals surface area contributed by atoms with Gasteiger partial charge in [0.05, 0.1) is 7.11 Å². The number of ether oxygens (including phenoxy) is 1. The van der Waals surface area contributed by atoms with Crippen LogP contribution in [0.1, 0.15) is 25.3 Å². The number of nitrogens with one attached hydrogen (secondary N) is 1. The van der Waals surface area contributed by atoms with E-state index < -0.39 is 0 Å². The molecule has 0 radical (unpaired) electrons. The van der Waals surface area contributed by atoms with E-state index in [1.165, 1.54) is 18.4 Å². The van der Waals surface area contributed by atoms with Crippen molar-refractivity contribution in [2.24, 2.45) is 17.8 Å². The van der Waals surface area contributed by atoms with Crippen molar-refractivity contribution in [2.45, 2.75) is 32.2 Å². The molecule has 0 aromatic heterocycles. The summed E-state index contributed by atoms with van der Waals surface area (Å²) in [6.07, 6.45) is 8.74. The second-order valence-corrected chi connectivity index (χ2v) is 6.28. The molecule has 0 spiro atoms. The minimum atomic E-state index is 0.633. The quantitative estimate of drug-likeness (QED) is 0.800. The Hall–Kier alpha value is -1.28. The zero-order valence-corrected chi connectivity index (χ0v) is 12.5. The lowest BCUT2D eigenvalue weighted by Gasteiger charge is -2.26. The molecular formula is C18H25NO. The van der Waals surface area contributed by atoms with Gasteiger partial charge in [0.2, 0.25) is 0 Å². The standard InChI is InChI=1S/C18H25NO/c1-13(18-12-15-3-6-16(18)11-15)19-10-9-14-4-7-17(20-2)8-5-14/h3-8,13,15-16,18-19H,9-12H2,1-2H3. The van der Waals surface area contributed by atoms with Crippen LogP contribution in [0, 0.1) is 17.8 Å². The van der Waals surface area contributed by atoms with Crippen molar-refractivity contribution in [1.29, 1.82) is 0 Å². The Morgan fingerprint density at radius 2 is 2.00 bits per heavy atom. The molecular weight excluding hydrogens is 246 g/mol. The second-order valence-electron chi connectivity index (χ2n) is 6.28. The van der Waals surface area contributed by atoms with E-state index in [4.69, 9.17) is 4.74 Å². The molecule has 2 heteroatoms. The van der Waals surface area contributed by atoms with E-state index in [0.29, 0.717) is 6.04 Å². The van der Waals surface area contributed by atoms with Crippen LogP contribution in [-0.2, 0) is 6.42 Å². The van der Waals surface area contributed by atoms with Crippen LogP contribution in [0.25, 0.3) is 0 Å². The summed E-state index contributed by atoms with van der Waals surface area (Å²) in [5, 5.41) is 3.72. The molecule has 3 rings (SSSR count). The Kier molecular flexibility index (Phi) is 4.11. The first kappa shape index (κ1) is 13.7. The van der Waals surface area contributed by atoms with Crippen molar-refractivity contribution in [3.8, 4) is 5.75 Å². The topological polar surface area (TPSA) is 21.3 Å². The molecule has 0 aliphatic heterocycles. The van der Waals surface area contributed by atoms with Gasteiger partial charge in [0.1, 0.15) is 5.75 Å². The zero-order chi connectivity index (χ0) is 13.9. The van der Waals surface area contributed by atoms with E-state index in [2.05, 4.69) is 36.5 Å². The number of hydrogen-bond acceptors (Lipinski definition) is 2. The molecule has 0 saturated heterocycles. The number of benzene rings is 1. The molecule has 1 saturated carbocycles. The Morgan fingerprint density at radius 3 is 2.60 bits per heavy atom. The van der Waals surface area contributed by atoms with Gasteiger partial charge in [-0.15, -0.1) is 0 Å². The van der Waals surface area contributed by atoms with Gasteiger partial charge in [-0.2, -0.15) is 0 Å². The number of fused-ring (bicyclic) bond motifs is 2. The first-order chi connectivity index (χ1) is 9.76. The summed E-state index contributed by atoms with van der Waals surface area (Å²) in [6, 6.07) is 9.03. The maximum Gasteiger partial charge on any atom is 0.118 e. The molecule has 1 N–H and O–H groups in total. The minimum absolute atomic E-state index is 0.633. The van der Waals surface area contributed by atoms with Crippen LogP contribution < -0.4 is 10.1 Å². The second kappa shape index (κ2) is 6.01. The predicted molar refractivity (Wildman–Crippen MR) is 83.0 cm³/mol. The highest BCUT2D eigenvalue weighted by molar-refractivity contribution is 5.27. The third kappa shape index (κ3) is 2.90. The van der Waals surface area contributed by atoms with Crippen molar-refractivity contribution in [3.05, 3.63) is 42.0 Å². The fraction of sp³-hybridized carbons (Fsp3) is 0.556. The van der Waals surface area contributed by atoms with Crippen LogP contribution in [0.15, 0.2) is 36.4 Å². The lowest BCUT2D eigenvalue weighted by atomic mass is 9.87. The molecule has 2 aliphatic rings. The van der Waals surface area contributed by atoms with E-state index in [1.807, 2.05) is 12.1 Å². The molecule has 20 heavy (non-hydrogen) atoms.